The molecule has 142 valence electrons. The van der Waals surface area contributed by atoms with Crippen molar-refractivity contribution >= 4 is 49.8 Å². The molecule has 0 saturated heterocycles. The predicted octanol–water partition coefficient (Wildman–Crippen LogP) is 4.60. The molecule has 0 bridgehead atoms. The van der Waals surface area contributed by atoms with Gasteiger partial charge in [0.15, 0.2) is 11.6 Å². The van der Waals surface area contributed by atoms with Crippen molar-refractivity contribution in [3.63, 3.8) is 0 Å². The van der Waals surface area contributed by atoms with E-state index in [2.05, 4.69) is 4.98 Å². The van der Waals surface area contributed by atoms with Crippen LogP contribution in [0.5, 0.6) is 5.75 Å². The number of phenolic OH excluding ortho intramolecular Hbond substituents is 1. The van der Waals surface area contributed by atoms with Gasteiger partial charge in [-0.15, -0.1) is 0 Å². The molecule has 3 N–H and O–H groups in total. The van der Waals surface area contributed by atoms with Crippen LogP contribution in [0.25, 0.3) is 32.6 Å². The molecule has 5 aromatic rings. The van der Waals surface area contributed by atoms with Crippen molar-refractivity contribution in [1.29, 1.82) is 0 Å². The summed E-state index contributed by atoms with van der Waals surface area (Å²) in [4.78, 5) is 31.6. The van der Waals surface area contributed by atoms with E-state index in [-0.39, 0.29) is 28.4 Å². The highest BCUT2D eigenvalue weighted by atomic mass is 16.3. The number of anilines is 1. The van der Waals surface area contributed by atoms with Gasteiger partial charge in [0.1, 0.15) is 5.75 Å². The summed E-state index contributed by atoms with van der Waals surface area (Å²) < 4.78 is 0. The molecular weight excluding hydrogens is 376 g/mol. The first-order valence-electron chi connectivity index (χ1n) is 9.50. The Morgan fingerprint density at radius 2 is 1.53 bits per heavy atom. The number of ketones is 2. The molecule has 1 aliphatic rings. The molecule has 5 nitrogen and oxygen atoms in total. The number of carbonyl (C=O) groups is 2. The fourth-order valence-corrected chi connectivity index (χ4v) is 4.42. The van der Waals surface area contributed by atoms with Crippen LogP contribution in [0.1, 0.15) is 31.8 Å². The highest BCUT2D eigenvalue weighted by Crippen LogP contribution is 2.40. The van der Waals surface area contributed by atoms with Crippen molar-refractivity contribution in [3.05, 3.63) is 89.0 Å². The number of phenols is 1. The molecule has 0 saturated carbocycles. The average molecular weight is 390 g/mol. The topological polar surface area (TPSA) is 93.3 Å². The largest absolute Gasteiger partial charge is 0.507 e. The summed E-state index contributed by atoms with van der Waals surface area (Å²) in [7, 11) is 0. The highest BCUT2D eigenvalue weighted by Gasteiger charge is 2.35. The summed E-state index contributed by atoms with van der Waals surface area (Å²) in [5.41, 5.74) is 8.53. The normalized spacial score (nSPS) is 13.1. The third-order valence-electron chi connectivity index (χ3n) is 5.77. The van der Waals surface area contributed by atoms with E-state index in [1.807, 2.05) is 36.4 Å². The van der Waals surface area contributed by atoms with E-state index in [0.29, 0.717) is 38.6 Å². The van der Waals surface area contributed by atoms with Gasteiger partial charge in [-0.3, -0.25) is 9.59 Å². The lowest BCUT2D eigenvalue weighted by Crippen LogP contribution is -2.22. The Morgan fingerprint density at radius 3 is 2.40 bits per heavy atom. The van der Waals surface area contributed by atoms with Crippen molar-refractivity contribution in [2.24, 2.45) is 0 Å². The molecule has 0 amide bonds. The van der Waals surface area contributed by atoms with Gasteiger partial charge in [-0.05, 0) is 41.1 Å². The number of hydrogen-bond donors (Lipinski definition) is 2. The van der Waals surface area contributed by atoms with Gasteiger partial charge in [0.25, 0.3) is 0 Å². The average Bonchev–Trinajstić information content (AvgIpc) is 2.75. The van der Waals surface area contributed by atoms with Crippen LogP contribution in [0.3, 0.4) is 0 Å². The number of benzene rings is 4. The minimum absolute atomic E-state index is 0.0281. The molecule has 1 heterocycles. The van der Waals surface area contributed by atoms with Gasteiger partial charge in [-0.2, -0.15) is 0 Å². The summed E-state index contributed by atoms with van der Waals surface area (Å²) >= 11 is 0. The third kappa shape index (κ3) is 2.09. The first kappa shape index (κ1) is 16.7. The minimum Gasteiger partial charge on any atom is -0.507 e. The van der Waals surface area contributed by atoms with E-state index >= 15 is 0 Å². The van der Waals surface area contributed by atoms with Crippen LogP contribution in [0.4, 0.5) is 5.69 Å². The SMILES string of the molecule is Nc1ccc2nc3cc(O)c4c(c3cc2c1)C(=O)c1c(ccc2ccccc12)C4=O. The lowest BCUT2D eigenvalue weighted by molar-refractivity contribution is 0.0979. The van der Waals surface area contributed by atoms with Gasteiger partial charge >= 0.3 is 0 Å². The van der Waals surface area contributed by atoms with Gasteiger partial charge in [0.2, 0.25) is 0 Å². The van der Waals surface area contributed by atoms with Gasteiger partial charge in [-0.1, -0.05) is 30.3 Å². The van der Waals surface area contributed by atoms with Gasteiger partial charge in [-0.25, -0.2) is 4.98 Å². The molecule has 0 atom stereocenters. The summed E-state index contributed by atoms with van der Waals surface area (Å²) in [5.74, 6) is -0.892. The van der Waals surface area contributed by atoms with Gasteiger partial charge < -0.3 is 10.8 Å². The predicted molar refractivity (Wildman–Crippen MR) is 116 cm³/mol. The summed E-state index contributed by atoms with van der Waals surface area (Å²) in [6, 6.07) is 19.5. The zero-order chi connectivity index (χ0) is 20.6. The van der Waals surface area contributed by atoms with Crippen molar-refractivity contribution in [2.75, 3.05) is 5.73 Å². The Morgan fingerprint density at radius 1 is 0.700 bits per heavy atom. The summed E-state index contributed by atoms with van der Waals surface area (Å²) in [6.07, 6.45) is 0. The number of nitrogen functional groups attached to an aromatic ring is 1. The van der Waals surface area contributed by atoms with Crippen LogP contribution in [0, 0.1) is 0 Å². The molecule has 1 aromatic heterocycles. The first-order valence-corrected chi connectivity index (χ1v) is 9.50. The van der Waals surface area contributed by atoms with Gasteiger partial charge in [0.05, 0.1) is 16.6 Å². The third-order valence-corrected chi connectivity index (χ3v) is 5.77. The Kier molecular flexibility index (Phi) is 3.14. The van der Waals surface area contributed by atoms with E-state index in [9.17, 15) is 14.7 Å². The van der Waals surface area contributed by atoms with Crippen LogP contribution in [0.2, 0.25) is 0 Å². The second-order valence-corrected chi connectivity index (χ2v) is 7.52. The molecule has 0 spiro atoms. The van der Waals surface area contributed by atoms with Crippen LogP contribution < -0.4 is 5.73 Å². The lowest BCUT2D eigenvalue weighted by Gasteiger charge is -2.21. The van der Waals surface area contributed by atoms with E-state index in [4.69, 9.17) is 5.73 Å². The fourth-order valence-electron chi connectivity index (χ4n) is 4.42. The molecule has 0 radical (unpaired) electrons. The number of aromatic nitrogens is 1. The second-order valence-electron chi connectivity index (χ2n) is 7.52. The van der Waals surface area contributed by atoms with Crippen molar-refractivity contribution in [2.45, 2.75) is 0 Å². The molecule has 4 aromatic carbocycles. The fraction of sp³-hybridized carbons (Fsp3) is 0. The Bertz CT molecular complexity index is 1600. The maximum atomic E-state index is 13.7. The van der Waals surface area contributed by atoms with Gasteiger partial charge in [0, 0.05) is 39.2 Å². The van der Waals surface area contributed by atoms with E-state index in [1.54, 1.807) is 24.3 Å². The van der Waals surface area contributed by atoms with Crippen LogP contribution in [0.15, 0.2) is 66.7 Å². The molecule has 30 heavy (non-hydrogen) atoms. The number of nitrogens with two attached hydrogens (primary N) is 1. The molecule has 0 aliphatic heterocycles. The van der Waals surface area contributed by atoms with Crippen LogP contribution in [-0.2, 0) is 0 Å². The van der Waals surface area contributed by atoms with Crippen molar-refractivity contribution < 1.29 is 14.7 Å². The summed E-state index contributed by atoms with van der Waals surface area (Å²) in [6.45, 7) is 0. The lowest BCUT2D eigenvalue weighted by atomic mass is 9.79. The zero-order valence-corrected chi connectivity index (χ0v) is 15.6. The molecule has 1 aliphatic carbocycles. The standard InChI is InChI=1S/C25H14N2O3/c26-14-6-8-18-13(9-14)10-17-19(27-18)11-20(28)23-22(17)25(30)21-15-4-2-1-3-12(15)5-7-16(21)24(23)29/h1-11,28H,26H2. The number of fused-ring (bicyclic) bond motifs is 7. The molecular formula is C25H14N2O3. The number of pyridine rings is 1. The number of nitrogens with zero attached hydrogens (tertiary/aromatic N) is 1. The summed E-state index contributed by atoms with van der Waals surface area (Å²) in [5, 5.41) is 13.5. The Labute approximate surface area is 170 Å². The first-order chi connectivity index (χ1) is 14.5. The smallest absolute Gasteiger partial charge is 0.198 e. The van der Waals surface area contributed by atoms with Crippen molar-refractivity contribution in [1.82, 2.24) is 4.98 Å². The maximum Gasteiger partial charge on any atom is 0.198 e. The van der Waals surface area contributed by atoms with Crippen LogP contribution in [-0.4, -0.2) is 21.7 Å². The molecule has 6 rings (SSSR count). The minimum atomic E-state index is -0.363. The zero-order valence-electron chi connectivity index (χ0n) is 15.6. The number of rotatable bonds is 0. The number of aromatic hydroxyl groups is 1. The molecule has 5 heteroatoms. The monoisotopic (exact) mass is 390 g/mol. The Balaban J connectivity index is 1.77. The number of carbonyl (C=O) groups excluding carboxylic acids is 2. The van der Waals surface area contributed by atoms with E-state index in [1.165, 1.54) is 6.07 Å². The van der Waals surface area contributed by atoms with E-state index < -0.39 is 0 Å². The molecule has 0 fully saturated rings. The molecule has 0 unspecified atom stereocenters. The quantitative estimate of drug-likeness (QED) is 0.292. The highest BCUT2D eigenvalue weighted by molar-refractivity contribution is 6.36. The number of hydrogen-bond acceptors (Lipinski definition) is 5. The van der Waals surface area contributed by atoms with Crippen LogP contribution >= 0.6 is 0 Å². The van der Waals surface area contributed by atoms with Crippen molar-refractivity contribution in [3.8, 4) is 5.75 Å². The Hall–Kier alpha value is -4.25. The van der Waals surface area contributed by atoms with E-state index in [0.717, 1.165) is 10.8 Å². The maximum absolute atomic E-state index is 13.7. The second kappa shape index (κ2) is 5.64.